The highest BCUT2D eigenvalue weighted by Gasteiger charge is 2.47. The molecule has 1 aliphatic heterocycles. The van der Waals surface area contributed by atoms with Crippen LogP contribution in [0, 0.1) is 5.92 Å². The van der Waals surface area contributed by atoms with Crippen molar-refractivity contribution in [2.75, 3.05) is 6.61 Å². The van der Waals surface area contributed by atoms with Gasteiger partial charge in [0.2, 0.25) is 0 Å². The summed E-state index contributed by atoms with van der Waals surface area (Å²) < 4.78 is 5.52. The van der Waals surface area contributed by atoms with Crippen molar-refractivity contribution in [2.24, 2.45) is 5.92 Å². The molecule has 0 aromatic rings. The third-order valence-electron chi connectivity index (χ3n) is 2.70. The van der Waals surface area contributed by atoms with Crippen molar-refractivity contribution >= 4 is 0 Å². The molecule has 60 valence electrons. The molecule has 0 aromatic heterocycles. The van der Waals surface area contributed by atoms with Crippen LogP contribution in [0.3, 0.4) is 0 Å². The smallest absolute Gasteiger partial charge is 0.0730 e. The third-order valence-corrected chi connectivity index (χ3v) is 2.70. The highest BCUT2D eigenvalue weighted by molar-refractivity contribution is 4.95. The maximum Gasteiger partial charge on any atom is 0.0730 e. The maximum absolute atomic E-state index is 8.94. The van der Waals surface area contributed by atoms with Gasteiger partial charge in [0.1, 0.15) is 0 Å². The second kappa shape index (κ2) is 2.51. The van der Waals surface area contributed by atoms with Crippen LogP contribution in [0.5, 0.6) is 0 Å². The monoisotopic (exact) mass is 144 g/mol. The lowest BCUT2D eigenvalue weighted by Crippen LogP contribution is -2.58. The van der Waals surface area contributed by atoms with Gasteiger partial charge in [0.05, 0.1) is 18.3 Å². The molecule has 0 aromatic carbocycles. The van der Waals surface area contributed by atoms with Crippen LogP contribution in [0.2, 0.25) is 0 Å². The first-order chi connectivity index (χ1) is 4.64. The van der Waals surface area contributed by atoms with E-state index in [1.807, 2.05) is 6.92 Å². The molecule has 3 unspecified atom stereocenters. The lowest BCUT2D eigenvalue weighted by Gasteiger charge is -2.51. The molecule has 1 rings (SSSR count). The topological polar surface area (TPSA) is 29.5 Å². The molecule has 0 bridgehead atoms. The van der Waals surface area contributed by atoms with Crippen molar-refractivity contribution in [2.45, 2.75) is 38.9 Å². The average molecular weight is 144 g/mol. The Balaban J connectivity index is 2.51. The van der Waals surface area contributed by atoms with Crippen LogP contribution in [-0.2, 0) is 4.74 Å². The second-order valence-electron chi connectivity index (χ2n) is 3.28. The summed E-state index contributed by atoms with van der Waals surface area (Å²) in [5, 5.41) is 8.94. The summed E-state index contributed by atoms with van der Waals surface area (Å²) in [4.78, 5) is 0. The van der Waals surface area contributed by atoms with E-state index in [0.29, 0.717) is 5.92 Å². The molecule has 2 heteroatoms. The summed E-state index contributed by atoms with van der Waals surface area (Å²) in [6.45, 7) is 6.42. The first-order valence-corrected chi connectivity index (χ1v) is 3.92. The predicted molar refractivity (Wildman–Crippen MR) is 39.8 cm³/mol. The minimum atomic E-state index is -0.0475. The van der Waals surface area contributed by atoms with Crippen molar-refractivity contribution in [1.82, 2.24) is 0 Å². The molecule has 0 amide bonds. The minimum Gasteiger partial charge on any atom is -0.396 e. The van der Waals surface area contributed by atoms with Crippen molar-refractivity contribution in [3.8, 4) is 0 Å². The minimum absolute atomic E-state index is 0.0475. The number of aliphatic hydroxyl groups excluding tert-OH is 1. The van der Waals surface area contributed by atoms with Gasteiger partial charge in [-0.1, -0.05) is 6.92 Å². The van der Waals surface area contributed by atoms with E-state index in [1.165, 1.54) is 0 Å². The molecule has 0 spiro atoms. The van der Waals surface area contributed by atoms with Crippen LogP contribution in [0.25, 0.3) is 0 Å². The summed E-state index contributed by atoms with van der Waals surface area (Å²) in [5.41, 5.74) is -0.0475. The average Bonchev–Trinajstić information content (AvgIpc) is 1.88. The molecule has 0 radical (unpaired) electrons. The largest absolute Gasteiger partial charge is 0.396 e. The molecule has 10 heavy (non-hydrogen) atoms. The zero-order valence-corrected chi connectivity index (χ0v) is 6.92. The van der Waals surface area contributed by atoms with Crippen molar-refractivity contribution in [3.63, 3.8) is 0 Å². The fraction of sp³-hybridized carbons (Fsp3) is 1.00. The third kappa shape index (κ3) is 0.956. The van der Waals surface area contributed by atoms with E-state index < -0.39 is 0 Å². The van der Waals surface area contributed by atoms with Gasteiger partial charge in [-0.2, -0.15) is 0 Å². The molecule has 2 nitrogen and oxygen atoms in total. The number of aliphatic hydroxyl groups is 1. The summed E-state index contributed by atoms with van der Waals surface area (Å²) in [7, 11) is 0. The Kier molecular flexibility index (Phi) is 2.02. The molecule has 1 saturated heterocycles. The van der Waals surface area contributed by atoms with E-state index in [9.17, 15) is 0 Å². The van der Waals surface area contributed by atoms with Gasteiger partial charge in [-0.25, -0.2) is 0 Å². The molecular weight excluding hydrogens is 128 g/mol. The Morgan fingerprint density at radius 1 is 1.60 bits per heavy atom. The van der Waals surface area contributed by atoms with Crippen LogP contribution in [0.1, 0.15) is 27.2 Å². The van der Waals surface area contributed by atoms with E-state index in [-0.39, 0.29) is 18.3 Å². The number of ether oxygens (including phenoxy) is 1. The maximum atomic E-state index is 8.94. The number of hydrogen-bond acceptors (Lipinski definition) is 2. The van der Waals surface area contributed by atoms with Gasteiger partial charge in [0.25, 0.3) is 0 Å². The van der Waals surface area contributed by atoms with Crippen LogP contribution < -0.4 is 0 Å². The molecule has 3 atom stereocenters. The number of rotatable bonds is 2. The zero-order chi connectivity index (χ0) is 7.78. The zero-order valence-electron chi connectivity index (χ0n) is 6.92. The highest BCUT2D eigenvalue weighted by atomic mass is 16.5. The molecular formula is C8H16O2. The van der Waals surface area contributed by atoms with Gasteiger partial charge in [-0.05, 0) is 20.3 Å². The second-order valence-corrected chi connectivity index (χ2v) is 3.28. The SMILES string of the molecule is CCC1(C)OC(C)C1CO. The standard InChI is InChI=1S/C8H16O2/c1-4-8(3)7(5-9)6(2)10-8/h6-7,9H,4-5H2,1-3H3. The Morgan fingerprint density at radius 3 is 2.40 bits per heavy atom. The highest BCUT2D eigenvalue weighted by Crippen LogP contribution is 2.40. The summed E-state index contributed by atoms with van der Waals surface area (Å²) in [6, 6.07) is 0. The van der Waals surface area contributed by atoms with Crippen LogP contribution in [0.4, 0.5) is 0 Å². The molecule has 1 N–H and O–H groups in total. The first-order valence-electron chi connectivity index (χ1n) is 3.92. The van der Waals surface area contributed by atoms with Crippen LogP contribution in [0.15, 0.2) is 0 Å². The Morgan fingerprint density at radius 2 is 2.20 bits per heavy atom. The van der Waals surface area contributed by atoms with Gasteiger partial charge >= 0.3 is 0 Å². The summed E-state index contributed by atoms with van der Waals surface area (Å²) in [6.07, 6.45) is 1.23. The summed E-state index contributed by atoms with van der Waals surface area (Å²) in [5.74, 6) is 0.345. The van der Waals surface area contributed by atoms with Crippen molar-refractivity contribution in [3.05, 3.63) is 0 Å². The van der Waals surface area contributed by atoms with Crippen LogP contribution in [-0.4, -0.2) is 23.4 Å². The Labute approximate surface area is 62.2 Å². The lowest BCUT2D eigenvalue weighted by atomic mass is 9.77. The molecule has 0 saturated carbocycles. The van der Waals surface area contributed by atoms with Gasteiger partial charge < -0.3 is 9.84 Å². The fourth-order valence-corrected chi connectivity index (χ4v) is 1.71. The fourth-order valence-electron chi connectivity index (χ4n) is 1.71. The van der Waals surface area contributed by atoms with E-state index in [1.54, 1.807) is 0 Å². The van der Waals surface area contributed by atoms with Gasteiger partial charge in [-0.15, -0.1) is 0 Å². The Hall–Kier alpha value is -0.0800. The predicted octanol–water partition coefficient (Wildman–Crippen LogP) is 1.18. The van der Waals surface area contributed by atoms with E-state index in [4.69, 9.17) is 9.84 Å². The number of hydrogen-bond donors (Lipinski definition) is 1. The normalized spacial score (nSPS) is 46.8. The van der Waals surface area contributed by atoms with Gasteiger partial charge in [0, 0.05) is 5.92 Å². The first kappa shape index (κ1) is 8.02. The summed E-state index contributed by atoms with van der Waals surface area (Å²) >= 11 is 0. The molecule has 0 aliphatic carbocycles. The van der Waals surface area contributed by atoms with Gasteiger partial charge in [-0.3, -0.25) is 0 Å². The van der Waals surface area contributed by atoms with E-state index in [2.05, 4.69) is 13.8 Å². The molecule has 1 aliphatic rings. The van der Waals surface area contributed by atoms with Gasteiger partial charge in [0.15, 0.2) is 0 Å². The van der Waals surface area contributed by atoms with Crippen LogP contribution >= 0.6 is 0 Å². The quantitative estimate of drug-likeness (QED) is 0.630. The van der Waals surface area contributed by atoms with Crippen molar-refractivity contribution in [1.29, 1.82) is 0 Å². The lowest BCUT2D eigenvalue weighted by molar-refractivity contribution is -0.254. The van der Waals surface area contributed by atoms with Crippen molar-refractivity contribution < 1.29 is 9.84 Å². The van der Waals surface area contributed by atoms with E-state index >= 15 is 0 Å². The Bertz CT molecular complexity index is 124. The van der Waals surface area contributed by atoms with E-state index in [0.717, 1.165) is 6.42 Å². The molecule has 1 heterocycles. The molecule has 1 fully saturated rings.